The molecule has 2 N–H and O–H groups in total. The summed E-state index contributed by atoms with van der Waals surface area (Å²) in [6, 6.07) is 8.25. The van der Waals surface area contributed by atoms with Gasteiger partial charge >= 0.3 is 5.97 Å². The Morgan fingerprint density at radius 3 is 2.51 bits per heavy atom. The van der Waals surface area contributed by atoms with E-state index in [9.17, 15) is 9.90 Å². The molecule has 0 aromatic carbocycles. The first-order valence-corrected chi connectivity index (χ1v) is 14.8. The molecule has 0 atom stereocenters. The summed E-state index contributed by atoms with van der Waals surface area (Å²) in [6.07, 6.45) is 14.4. The van der Waals surface area contributed by atoms with Crippen LogP contribution in [0.1, 0.15) is 54.6 Å². The molecule has 5 aromatic heterocycles. The molecule has 43 heavy (non-hydrogen) atoms. The van der Waals surface area contributed by atoms with Crippen molar-refractivity contribution in [2.45, 2.75) is 52.0 Å². The number of nitrogens with zero attached hydrogens (tertiary/aromatic N) is 7. The Hall–Kier alpha value is -4.67. The maximum Gasteiger partial charge on any atom is 0.338 e. The van der Waals surface area contributed by atoms with Crippen molar-refractivity contribution in [3.05, 3.63) is 72.2 Å². The van der Waals surface area contributed by atoms with Crippen LogP contribution in [0, 0.1) is 35.9 Å². The number of aromatic nitrogens is 7. The second-order valence-corrected chi connectivity index (χ2v) is 12.7. The molecule has 4 aliphatic carbocycles. The summed E-state index contributed by atoms with van der Waals surface area (Å²) in [4.78, 5) is 21.0. The van der Waals surface area contributed by atoms with Gasteiger partial charge in [0, 0.05) is 41.6 Å². The zero-order valence-electron chi connectivity index (χ0n) is 23.7. The van der Waals surface area contributed by atoms with Crippen molar-refractivity contribution in [2.24, 2.45) is 23.2 Å². The van der Waals surface area contributed by atoms with E-state index in [1.54, 1.807) is 47.4 Å². The van der Waals surface area contributed by atoms with Crippen molar-refractivity contribution >= 4 is 28.6 Å². The molecule has 0 saturated heterocycles. The summed E-state index contributed by atoms with van der Waals surface area (Å²) < 4.78 is 18.7. The maximum absolute atomic E-state index is 15.0. The van der Waals surface area contributed by atoms with Crippen molar-refractivity contribution in [1.29, 1.82) is 0 Å². The number of carboxylic acid groups (broad SMARTS) is 1. The largest absolute Gasteiger partial charge is 0.478 e. The lowest BCUT2D eigenvalue weighted by atomic mass is 9.49. The summed E-state index contributed by atoms with van der Waals surface area (Å²) >= 11 is 0. The Balaban J connectivity index is 1.12. The molecule has 0 unspecified atom stereocenters. The SMILES string of the molecule is Cc1c(-c2nnc3c(ccn3-c3cnc(Nc4ccccn4)c(F)c3)c2C(=O)O)cnn1CC12CC3CC(CC(C3)C1)C2. The summed E-state index contributed by atoms with van der Waals surface area (Å²) in [5.74, 6) is 1.32. The van der Waals surface area contributed by atoms with Crippen molar-refractivity contribution in [3.8, 4) is 16.9 Å². The molecule has 4 aliphatic rings. The molecular weight excluding hydrogens is 547 g/mol. The number of anilines is 2. The summed E-state index contributed by atoms with van der Waals surface area (Å²) in [5, 5.41) is 27.2. The number of halogens is 1. The number of hydrogen-bond acceptors (Lipinski definition) is 7. The summed E-state index contributed by atoms with van der Waals surface area (Å²) in [5.41, 5.74) is 2.87. The van der Waals surface area contributed by atoms with E-state index in [4.69, 9.17) is 5.10 Å². The van der Waals surface area contributed by atoms with Gasteiger partial charge in [0.25, 0.3) is 0 Å². The highest BCUT2D eigenvalue weighted by atomic mass is 19.1. The van der Waals surface area contributed by atoms with E-state index in [0.717, 1.165) is 30.0 Å². The van der Waals surface area contributed by atoms with E-state index in [1.807, 2.05) is 6.92 Å². The third-order valence-corrected chi connectivity index (χ3v) is 9.85. The minimum absolute atomic E-state index is 0.0274. The van der Waals surface area contributed by atoms with Gasteiger partial charge in [0.05, 0.1) is 23.6 Å². The van der Waals surface area contributed by atoms with E-state index in [-0.39, 0.29) is 22.5 Å². The normalized spacial score (nSPS) is 24.1. The van der Waals surface area contributed by atoms with Gasteiger partial charge in [0.15, 0.2) is 17.3 Å². The highest BCUT2D eigenvalue weighted by molar-refractivity contribution is 6.07. The van der Waals surface area contributed by atoms with Crippen molar-refractivity contribution < 1.29 is 14.3 Å². The van der Waals surface area contributed by atoms with Crippen molar-refractivity contribution in [2.75, 3.05) is 5.32 Å². The summed E-state index contributed by atoms with van der Waals surface area (Å²) in [6.45, 7) is 2.85. The molecule has 5 aromatic rings. The molecule has 10 nitrogen and oxygen atoms in total. The predicted molar refractivity (Wildman–Crippen MR) is 158 cm³/mol. The minimum Gasteiger partial charge on any atom is -0.478 e. The lowest BCUT2D eigenvalue weighted by molar-refractivity contribution is -0.0638. The zero-order chi connectivity index (χ0) is 29.3. The first-order valence-electron chi connectivity index (χ1n) is 14.8. The number of fused-ring (bicyclic) bond motifs is 1. The van der Waals surface area contributed by atoms with Gasteiger partial charge in [-0.1, -0.05) is 6.07 Å². The third-order valence-electron chi connectivity index (χ3n) is 9.85. The van der Waals surface area contributed by atoms with Gasteiger partial charge in [0.1, 0.15) is 11.5 Å². The molecule has 0 amide bonds. The molecular formula is C32H31FN8O2. The van der Waals surface area contributed by atoms with Crippen LogP contribution in [0.5, 0.6) is 0 Å². The maximum atomic E-state index is 15.0. The van der Waals surface area contributed by atoms with E-state index in [1.165, 1.54) is 50.8 Å². The van der Waals surface area contributed by atoms with Crippen LogP contribution >= 0.6 is 0 Å². The number of carbonyl (C=O) groups is 1. The number of aromatic carboxylic acids is 1. The second-order valence-electron chi connectivity index (χ2n) is 12.7. The van der Waals surface area contributed by atoms with Crippen LogP contribution in [0.25, 0.3) is 28.0 Å². The number of carboxylic acids is 1. The highest BCUT2D eigenvalue weighted by Gasteiger charge is 2.51. The molecule has 5 heterocycles. The number of nitrogens with one attached hydrogen (secondary N) is 1. The van der Waals surface area contributed by atoms with E-state index < -0.39 is 11.8 Å². The molecule has 0 radical (unpaired) electrons. The molecule has 4 fully saturated rings. The molecule has 9 rings (SSSR count). The monoisotopic (exact) mass is 578 g/mol. The Kier molecular flexibility index (Phi) is 5.85. The Morgan fingerprint density at radius 1 is 1.07 bits per heavy atom. The van der Waals surface area contributed by atoms with Crippen LogP contribution in [-0.4, -0.2) is 45.6 Å². The third kappa shape index (κ3) is 4.36. The van der Waals surface area contributed by atoms with Crippen molar-refractivity contribution in [1.82, 2.24) is 34.5 Å². The van der Waals surface area contributed by atoms with Crippen molar-refractivity contribution in [3.63, 3.8) is 0 Å². The van der Waals surface area contributed by atoms with Gasteiger partial charge in [-0.25, -0.2) is 19.2 Å². The summed E-state index contributed by atoms with van der Waals surface area (Å²) in [7, 11) is 0. The van der Waals surface area contributed by atoms with Gasteiger partial charge in [-0.3, -0.25) is 9.25 Å². The van der Waals surface area contributed by atoms with Gasteiger partial charge < -0.3 is 10.4 Å². The predicted octanol–water partition coefficient (Wildman–Crippen LogP) is 6.18. The quantitative estimate of drug-likeness (QED) is 0.235. The van der Waals surface area contributed by atoms with Gasteiger partial charge in [-0.2, -0.15) is 5.10 Å². The fourth-order valence-electron chi connectivity index (χ4n) is 8.46. The van der Waals surface area contributed by atoms with Gasteiger partial charge in [0.2, 0.25) is 0 Å². The first-order chi connectivity index (χ1) is 20.9. The Bertz CT molecular complexity index is 1850. The van der Waals surface area contributed by atoms with Gasteiger partial charge in [-0.05, 0) is 86.8 Å². The zero-order valence-corrected chi connectivity index (χ0v) is 23.7. The van der Waals surface area contributed by atoms with E-state index >= 15 is 4.39 Å². The molecule has 0 spiro atoms. The average Bonchev–Trinajstić information content (AvgIpc) is 3.56. The standard InChI is InChI=1S/C32H31FN8O2/c1-18-24(16-36-41(18)17-32-12-19-8-20(13-32)10-21(9-19)14-32)28-27(31(42)43)23-5-7-40(30(23)39-38-28)22-11-25(33)29(35-15-22)37-26-4-2-3-6-34-26/h2-7,11,15-16,19-21H,8-10,12-14,17H2,1H3,(H,42,43)(H,34,35,37). The van der Waals surface area contributed by atoms with Crippen LogP contribution in [0.4, 0.5) is 16.0 Å². The van der Waals surface area contributed by atoms with Crippen LogP contribution in [0.15, 0.2) is 55.1 Å². The lowest BCUT2D eigenvalue weighted by Gasteiger charge is -2.56. The first kappa shape index (κ1) is 26.0. The molecule has 218 valence electrons. The smallest absolute Gasteiger partial charge is 0.338 e. The number of rotatable bonds is 7. The van der Waals surface area contributed by atoms with Crippen LogP contribution in [-0.2, 0) is 6.54 Å². The lowest BCUT2D eigenvalue weighted by Crippen LogP contribution is -2.48. The molecule has 0 aliphatic heterocycles. The van der Waals surface area contributed by atoms with Crippen LogP contribution in [0.3, 0.4) is 0 Å². The minimum atomic E-state index is -1.11. The molecule has 4 bridgehead atoms. The van der Waals surface area contributed by atoms with Crippen LogP contribution in [0.2, 0.25) is 0 Å². The number of hydrogen-bond donors (Lipinski definition) is 2. The highest BCUT2D eigenvalue weighted by Crippen LogP contribution is 2.60. The van der Waals surface area contributed by atoms with Gasteiger partial charge in [-0.15, -0.1) is 10.2 Å². The van der Waals surface area contributed by atoms with Crippen LogP contribution < -0.4 is 5.32 Å². The fraction of sp³-hybridized carbons (Fsp3) is 0.375. The Labute approximate surface area is 247 Å². The second kappa shape index (κ2) is 9.68. The fourth-order valence-corrected chi connectivity index (χ4v) is 8.46. The Morgan fingerprint density at radius 2 is 1.84 bits per heavy atom. The van der Waals surface area contributed by atoms with E-state index in [0.29, 0.717) is 28.1 Å². The topological polar surface area (TPSA) is 124 Å². The average molecular weight is 579 g/mol. The number of pyridine rings is 2. The van der Waals surface area contributed by atoms with E-state index in [2.05, 4.69) is 30.2 Å². The molecule has 11 heteroatoms. The molecule has 4 saturated carbocycles.